The number of carbonyl (C=O) groups excluding carboxylic acids is 2. The second-order valence-corrected chi connectivity index (χ2v) is 7.29. The molecule has 136 valence electrons. The second kappa shape index (κ2) is 7.32. The molecule has 0 fully saturated rings. The van der Waals surface area contributed by atoms with E-state index in [1.165, 1.54) is 35.6 Å². The van der Waals surface area contributed by atoms with Crippen LogP contribution in [-0.2, 0) is 6.42 Å². The Morgan fingerprint density at radius 1 is 1.07 bits per heavy atom. The molecule has 0 unspecified atom stereocenters. The molecule has 4 nitrogen and oxygen atoms in total. The van der Waals surface area contributed by atoms with E-state index in [9.17, 15) is 14.0 Å². The minimum Gasteiger partial charge on any atom is -0.322 e. The first-order valence-electron chi connectivity index (χ1n) is 8.67. The van der Waals surface area contributed by atoms with Gasteiger partial charge in [-0.25, -0.2) is 4.39 Å². The molecule has 0 bridgehead atoms. The van der Waals surface area contributed by atoms with Gasteiger partial charge in [0, 0.05) is 23.5 Å². The Bertz CT molecular complexity index is 984. The van der Waals surface area contributed by atoms with Gasteiger partial charge in [-0.3, -0.25) is 9.59 Å². The Morgan fingerprint density at radius 3 is 2.63 bits per heavy atom. The van der Waals surface area contributed by atoms with Crippen LogP contribution in [0.15, 0.2) is 60.0 Å². The summed E-state index contributed by atoms with van der Waals surface area (Å²) in [5, 5.41) is 4.73. The molecule has 2 aromatic carbocycles. The van der Waals surface area contributed by atoms with Crippen LogP contribution in [0.5, 0.6) is 0 Å². The molecule has 6 heteroatoms. The number of hydrogen-bond donors (Lipinski definition) is 1. The molecule has 2 amide bonds. The van der Waals surface area contributed by atoms with Gasteiger partial charge >= 0.3 is 0 Å². The van der Waals surface area contributed by atoms with Crippen LogP contribution < -0.4 is 10.2 Å². The number of nitrogens with one attached hydrogen (secondary N) is 1. The molecular weight excluding hydrogens is 363 g/mol. The van der Waals surface area contributed by atoms with Gasteiger partial charge < -0.3 is 10.2 Å². The average molecular weight is 380 g/mol. The first-order valence-corrected chi connectivity index (χ1v) is 9.55. The fourth-order valence-corrected chi connectivity index (χ4v) is 3.90. The van der Waals surface area contributed by atoms with Crippen molar-refractivity contribution >= 4 is 34.5 Å². The second-order valence-electron chi connectivity index (χ2n) is 6.34. The molecule has 3 aromatic rings. The molecule has 2 heterocycles. The third-order valence-corrected chi connectivity index (χ3v) is 5.40. The lowest BCUT2D eigenvalue weighted by molar-refractivity contribution is 0.0987. The van der Waals surface area contributed by atoms with Crippen LogP contribution >= 0.6 is 11.3 Å². The molecule has 1 aromatic heterocycles. The van der Waals surface area contributed by atoms with Crippen molar-refractivity contribution in [3.8, 4) is 0 Å². The van der Waals surface area contributed by atoms with Crippen molar-refractivity contribution in [1.29, 1.82) is 0 Å². The Balaban J connectivity index is 1.55. The van der Waals surface area contributed by atoms with Crippen molar-refractivity contribution in [2.45, 2.75) is 12.8 Å². The predicted molar refractivity (Wildman–Crippen MR) is 105 cm³/mol. The Morgan fingerprint density at radius 2 is 1.89 bits per heavy atom. The van der Waals surface area contributed by atoms with Crippen LogP contribution in [0, 0.1) is 5.82 Å². The summed E-state index contributed by atoms with van der Waals surface area (Å²) < 4.78 is 13.0. The number of nitrogens with zero attached hydrogens (tertiary/aromatic N) is 1. The summed E-state index contributed by atoms with van der Waals surface area (Å²) in [6.45, 7) is 0.686. The van der Waals surface area contributed by atoms with Gasteiger partial charge in [-0.15, -0.1) is 11.3 Å². The number of rotatable bonds is 3. The first-order chi connectivity index (χ1) is 13.1. The summed E-state index contributed by atoms with van der Waals surface area (Å²) in [7, 11) is 0. The summed E-state index contributed by atoms with van der Waals surface area (Å²) in [6.07, 6.45) is 1.73. The summed E-state index contributed by atoms with van der Waals surface area (Å²) in [6, 6.07) is 14.7. The standard InChI is InChI=1S/C21H17FN2O2S/c22-16-7-5-14(6-8-16)20(25)23-17-9-10-18-15(13-17)3-1-11-24(18)21(26)19-4-2-12-27-19/h2,4-10,12-13H,1,3,11H2,(H,23,25). The quantitative estimate of drug-likeness (QED) is 0.714. The maximum atomic E-state index is 13.0. The minimum atomic E-state index is -0.379. The summed E-state index contributed by atoms with van der Waals surface area (Å²) in [5.41, 5.74) is 2.97. The first kappa shape index (κ1) is 17.4. The molecule has 1 aliphatic rings. The summed E-state index contributed by atoms with van der Waals surface area (Å²) in [4.78, 5) is 27.6. The molecule has 0 aliphatic carbocycles. The van der Waals surface area contributed by atoms with Gasteiger partial charge in [-0.05, 0) is 72.3 Å². The van der Waals surface area contributed by atoms with Crippen molar-refractivity contribution in [3.63, 3.8) is 0 Å². The summed E-state index contributed by atoms with van der Waals surface area (Å²) >= 11 is 1.43. The van der Waals surface area contributed by atoms with Gasteiger partial charge in [0.15, 0.2) is 0 Å². The smallest absolute Gasteiger partial charge is 0.268 e. The number of carbonyl (C=O) groups is 2. The Hall–Kier alpha value is -2.99. The minimum absolute atomic E-state index is 0.00838. The third-order valence-electron chi connectivity index (χ3n) is 4.54. The van der Waals surface area contributed by atoms with Gasteiger partial charge in [0.1, 0.15) is 5.82 Å². The van der Waals surface area contributed by atoms with Gasteiger partial charge in [0.05, 0.1) is 4.88 Å². The molecule has 4 rings (SSSR count). The van der Waals surface area contributed by atoms with Crippen molar-refractivity contribution in [1.82, 2.24) is 0 Å². The lowest BCUT2D eigenvalue weighted by Gasteiger charge is -2.29. The van der Waals surface area contributed by atoms with Crippen LogP contribution in [0.3, 0.4) is 0 Å². The highest BCUT2D eigenvalue weighted by atomic mass is 32.1. The van der Waals surface area contributed by atoms with E-state index in [2.05, 4.69) is 5.32 Å². The highest BCUT2D eigenvalue weighted by Crippen LogP contribution is 2.31. The fraction of sp³-hybridized carbons (Fsp3) is 0.143. The number of anilines is 2. The molecule has 1 N–H and O–H groups in total. The van der Waals surface area contributed by atoms with Crippen LogP contribution in [0.4, 0.5) is 15.8 Å². The number of halogens is 1. The van der Waals surface area contributed by atoms with Crippen molar-refractivity contribution < 1.29 is 14.0 Å². The van der Waals surface area contributed by atoms with Gasteiger partial charge in [0.2, 0.25) is 0 Å². The van der Waals surface area contributed by atoms with E-state index in [1.807, 2.05) is 29.6 Å². The zero-order chi connectivity index (χ0) is 18.8. The predicted octanol–water partition coefficient (Wildman–Crippen LogP) is 4.73. The van der Waals surface area contributed by atoms with E-state index in [1.54, 1.807) is 11.0 Å². The number of aryl methyl sites for hydroxylation is 1. The molecule has 0 atom stereocenters. The maximum absolute atomic E-state index is 13.0. The molecule has 0 radical (unpaired) electrons. The molecule has 0 saturated carbocycles. The lowest BCUT2D eigenvalue weighted by Crippen LogP contribution is -2.35. The van der Waals surface area contributed by atoms with Crippen LogP contribution in [0.25, 0.3) is 0 Å². The zero-order valence-corrected chi connectivity index (χ0v) is 15.3. The Kier molecular flexibility index (Phi) is 4.73. The van der Waals surface area contributed by atoms with E-state index in [0.29, 0.717) is 17.8 Å². The van der Waals surface area contributed by atoms with Gasteiger partial charge in [-0.1, -0.05) is 6.07 Å². The fourth-order valence-electron chi connectivity index (χ4n) is 3.22. The molecule has 1 aliphatic heterocycles. The molecule has 0 spiro atoms. The van der Waals surface area contributed by atoms with E-state index in [-0.39, 0.29) is 17.6 Å². The van der Waals surface area contributed by atoms with E-state index in [4.69, 9.17) is 0 Å². The molecule has 27 heavy (non-hydrogen) atoms. The maximum Gasteiger partial charge on any atom is 0.268 e. The SMILES string of the molecule is O=C(Nc1ccc2c(c1)CCCN2C(=O)c1cccs1)c1ccc(F)cc1. The molecule has 0 saturated heterocycles. The highest BCUT2D eigenvalue weighted by Gasteiger charge is 2.24. The number of benzene rings is 2. The van der Waals surface area contributed by atoms with E-state index < -0.39 is 0 Å². The van der Waals surface area contributed by atoms with E-state index >= 15 is 0 Å². The van der Waals surface area contributed by atoms with Crippen molar-refractivity contribution in [2.24, 2.45) is 0 Å². The van der Waals surface area contributed by atoms with Crippen LogP contribution in [0.2, 0.25) is 0 Å². The van der Waals surface area contributed by atoms with Crippen LogP contribution in [-0.4, -0.2) is 18.4 Å². The van der Waals surface area contributed by atoms with Crippen LogP contribution in [0.1, 0.15) is 32.0 Å². The Labute approximate surface area is 160 Å². The third kappa shape index (κ3) is 3.61. The van der Waals surface area contributed by atoms with Gasteiger partial charge in [0.25, 0.3) is 11.8 Å². The summed E-state index contributed by atoms with van der Waals surface area (Å²) in [5.74, 6) is -0.665. The average Bonchev–Trinajstić information content (AvgIpc) is 3.22. The normalized spacial score (nSPS) is 13.1. The van der Waals surface area contributed by atoms with Crippen molar-refractivity contribution in [2.75, 3.05) is 16.8 Å². The van der Waals surface area contributed by atoms with Crippen molar-refractivity contribution in [3.05, 3.63) is 81.8 Å². The monoisotopic (exact) mass is 380 g/mol. The zero-order valence-electron chi connectivity index (χ0n) is 14.4. The number of amides is 2. The molecular formula is C21H17FN2O2S. The number of fused-ring (bicyclic) bond motifs is 1. The lowest BCUT2D eigenvalue weighted by atomic mass is 10.0. The van der Waals surface area contributed by atoms with E-state index in [0.717, 1.165) is 29.0 Å². The highest BCUT2D eigenvalue weighted by molar-refractivity contribution is 7.12. The number of thiophene rings is 1. The number of hydrogen-bond acceptors (Lipinski definition) is 3. The topological polar surface area (TPSA) is 49.4 Å². The van der Waals surface area contributed by atoms with Gasteiger partial charge in [-0.2, -0.15) is 0 Å². The largest absolute Gasteiger partial charge is 0.322 e.